The molecule has 1 aliphatic carbocycles. The van der Waals surface area contributed by atoms with E-state index in [0.717, 1.165) is 12.3 Å². The molecule has 1 aromatic rings. The summed E-state index contributed by atoms with van der Waals surface area (Å²) in [5.41, 5.74) is -0.438. The lowest BCUT2D eigenvalue weighted by atomic mass is 9.85. The Kier molecular flexibility index (Phi) is 6.66. The van der Waals surface area contributed by atoms with Crippen LogP contribution in [0, 0.1) is 5.92 Å². The van der Waals surface area contributed by atoms with Gasteiger partial charge >= 0.3 is 6.03 Å². The van der Waals surface area contributed by atoms with E-state index in [1.807, 2.05) is 6.92 Å². The summed E-state index contributed by atoms with van der Waals surface area (Å²) >= 11 is 0. The zero-order chi connectivity index (χ0) is 17.6. The first-order valence-corrected chi connectivity index (χ1v) is 9.12. The first-order valence-electron chi connectivity index (χ1n) is 9.12. The Hall–Kier alpha value is -1.56. The third-order valence-corrected chi connectivity index (χ3v) is 5.03. The summed E-state index contributed by atoms with van der Waals surface area (Å²) < 4.78 is 1.64. The van der Waals surface area contributed by atoms with Gasteiger partial charge in [-0.2, -0.15) is 5.10 Å². The van der Waals surface area contributed by atoms with Crippen molar-refractivity contribution >= 4 is 6.03 Å². The predicted octanol–water partition coefficient (Wildman–Crippen LogP) is 2.68. The lowest BCUT2D eigenvalue weighted by Gasteiger charge is -2.25. The maximum absolute atomic E-state index is 12.0. The molecular weight excluding hydrogens is 304 g/mol. The highest BCUT2D eigenvalue weighted by atomic mass is 16.3. The maximum atomic E-state index is 12.0. The van der Waals surface area contributed by atoms with Gasteiger partial charge in [0, 0.05) is 24.8 Å². The van der Waals surface area contributed by atoms with Crippen LogP contribution in [-0.4, -0.2) is 33.5 Å². The van der Waals surface area contributed by atoms with Gasteiger partial charge in [0.15, 0.2) is 0 Å². The van der Waals surface area contributed by atoms with E-state index in [4.69, 9.17) is 0 Å². The minimum atomic E-state index is -1.13. The molecule has 6 heteroatoms. The molecule has 1 saturated carbocycles. The van der Waals surface area contributed by atoms with Crippen LogP contribution in [0.5, 0.6) is 0 Å². The predicted molar refractivity (Wildman–Crippen MR) is 94.6 cm³/mol. The molecule has 1 aliphatic rings. The van der Waals surface area contributed by atoms with Crippen molar-refractivity contribution in [1.82, 2.24) is 20.4 Å². The van der Waals surface area contributed by atoms with E-state index in [9.17, 15) is 9.90 Å². The van der Waals surface area contributed by atoms with Crippen LogP contribution in [0.25, 0.3) is 0 Å². The lowest BCUT2D eigenvalue weighted by molar-refractivity contribution is 0.0592. The van der Waals surface area contributed by atoms with Crippen molar-refractivity contribution in [2.75, 3.05) is 6.54 Å². The van der Waals surface area contributed by atoms with Crippen molar-refractivity contribution < 1.29 is 9.90 Å². The van der Waals surface area contributed by atoms with Gasteiger partial charge < -0.3 is 15.7 Å². The van der Waals surface area contributed by atoms with Gasteiger partial charge in [0.1, 0.15) is 5.60 Å². The normalized spacial score (nSPS) is 19.5. The molecule has 0 radical (unpaired) electrons. The fourth-order valence-electron chi connectivity index (χ4n) is 3.36. The van der Waals surface area contributed by atoms with Gasteiger partial charge in [-0.05, 0) is 32.6 Å². The average Bonchev–Trinajstić information content (AvgIpc) is 3.00. The van der Waals surface area contributed by atoms with Crippen LogP contribution in [0.3, 0.4) is 0 Å². The summed E-state index contributed by atoms with van der Waals surface area (Å²) in [6, 6.07) is -0.0782. The number of aromatic nitrogens is 2. The van der Waals surface area contributed by atoms with Crippen LogP contribution in [0.1, 0.15) is 64.4 Å². The number of carbonyl (C=O) groups is 1. The van der Waals surface area contributed by atoms with Crippen molar-refractivity contribution in [2.45, 2.75) is 70.4 Å². The number of nitrogens with zero attached hydrogens (tertiary/aromatic N) is 2. The molecule has 136 valence electrons. The molecule has 2 unspecified atom stereocenters. The van der Waals surface area contributed by atoms with E-state index in [1.54, 1.807) is 31.0 Å². The summed E-state index contributed by atoms with van der Waals surface area (Å²) in [6.07, 6.45) is 12.3. The Morgan fingerprint density at radius 1 is 1.46 bits per heavy atom. The molecule has 24 heavy (non-hydrogen) atoms. The quantitative estimate of drug-likeness (QED) is 0.716. The van der Waals surface area contributed by atoms with Crippen LogP contribution in [0.2, 0.25) is 0 Å². The number of aryl methyl sites for hydroxylation is 1. The Balaban J connectivity index is 1.68. The molecule has 2 amide bonds. The third-order valence-electron chi connectivity index (χ3n) is 5.03. The first-order chi connectivity index (χ1) is 11.4. The molecule has 1 heterocycles. The number of amides is 2. The van der Waals surface area contributed by atoms with Gasteiger partial charge in [0.05, 0.1) is 12.7 Å². The number of nitrogens with one attached hydrogen (secondary N) is 2. The molecular formula is C18H32N4O2. The molecule has 0 aromatic carbocycles. The van der Waals surface area contributed by atoms with Crippen molar-refractivity contribution in [3.05, 3.63) is 18.0 Å². The monoisotopic (exact) mass is 336 g/mol. The van der Waals surface area contributed by atoms with Crippen molar-refractivity contribution in [1.29, 1.82) is 0 Å². The molecule has 6 nitrogen and oxygen atoms in total. The van der Waals surface area contributed by atoms with Crippen LogP contribution in [-0.2, 0) is 12.6 Å². The number of hydrogen-bond donors (Lipinski definition) is 3. The second-order valence-electron chi connectivity index (χ2n) is 7.49. The van der Waals surface area contributed by atoms with E-state index < -0.39 is 5.60 Å². The molecule has 1 fully saturated rings. The van der Waals surface area contributed by atoms with Gasteiger partial charge in [-0.3, -0.25) is 4.68 Å². The Morgan fingerprint density at radius 2 is 2.17 bits per heavy atom. The molecule has 2 atom stereocenters. The van der Waals surface area contributed by atoms with Crippen LogP contribution >= 0.6 is 0 Å². The van der Waals surface area contributed by atoms with Gasteiger partial charge in [-0.1, -0.05) is 32.1 Å². The van der Waals surface area contributed by atoms with Crippen LogP contribution < -0.4 is 10.6 Å². The average molecular weight is 336 g/mol. The highest BCUT2D eigenvalue weighted by molar-refractivity contribution is 5.74. The second kappa shape index (κ2) is 8.51. The highest BCUT2D eigenvalue weighted by Crippen LogP contribution is 2.27. The smallest absolute Gasteiger partial charge is 0.315 e. The Morgan fingerprint density at radius 3 is 2.79 bits per heavy atom. The summed E-state index contributed by atoms with van der Waals surface area (Å²) in [4.78, 5) is 12.0. The van der Waals surface area contributed by atoms with Crippen LogP contribution in [0.4, 0.5) is 4.79 Å². The molecule has 1 aromatic heterocycles. The minimum Gasteiger partial charge on any atom is -0.383 e. The van der Waals surface area contributed by atoms with Gasteiger partial charge in [0.25, 0.3) is 0 Å². The number of rotatable bonds is 7. The van der Waals surface area contributed by atoms with E-state index in [-0.39, 0.29) is 18.6 Å². The standard InChI is InChI=1S/C18H32N4O2/c1-14(9-10-15-7-5-4-6-8-15)21-17(23)19-13-18(2,24)16-11-20-22(3)12-16/h11-12,14-15,24H,4-10,13H2,1-3H3,(H2,19,21,23). The fraction of sp³-hybridized carbons (Fsp3) is 0.778. The number of urea groups is 1. The summed E-state index contributed by atoms with van der Waals surface area (Å²) in [5, 5.41) is 20.2. The van der Waals surface area contributed by atoms with Gasteiger partial charge in [-0.25, -0.2) is 4.79 Å². The zero-order valence-corrected chi connectivity index (χ0v) is 15.2. The van der Waals surface area contributed by atoms with E-state index in [1.165, 1.54) is 38.5 Å². The zero-order valence-electron chi connectivity index (χ0n) is 15.2. The van der Waals surface area contributed by atoms with Crippen molar-refractivity contribution in [3.8, 4) is 0 Å². The number of hydrogen-bond acceptors (Lipinski definition) is 3. The van der Waals surface area contributed by atoms with Gasteiger partial charge in [0.2, 0.25) is 0 Å². The summed E-state index contributed by atoms with van der Waals surface area (Å²) in [7, 11) is 1.80. The first kappa shape index (κ1) is 18.8. The maximum Gasteiger partial charge on any atom is 0.315 e. The summed E-state index contributed by atoms with van der Waals surface area (Å²) in [5.74, 6) is 0.831. The minimum absolute atomic E-state index is 0.148. The number of aliphatic hydroxyl groups is 1. The van der Waals surface area contributed by atoms with Gasteiger partial charge in [-0.15, -0.1) is 0 Å². The molecule has 0 aliphatic heterocycles. The second-order valence-corrected chi connectivity index (χ2v) is 7.49. The van der Waals surface area contributed by atoms with Crippen LogP contribution in [0.15, 0.2) is 12.4 Å². The Labute approximate surface area is 145 Å². The molecule has 0 bridgehead atoms. The highest BCUT2D eigenvalue weighted by Gasteiger charge is 2.25. The summed E-state index contributed by atoms with van der Waals surface area (Å²) in [6.45, 7) is 3.87. The van der Waals surface area contributed by atoms with E-state index in [0.29, 0.717) is 5.56 Å². The fourth-order valence-corrected chi connectivity index (χ4v) is 3.36. The molecule has 2 rings (SSSR count). The molecule has 0 saturated heterocycles. The molecule has 0 spiro atoms. The van der Waals surface area contributed by atoms with Crippen molar-refractivity contribution in [3.63, 3.8) is 0 Å². The Bertz CT molecular complexity index is 521. The SMILES string of the molecule is CC(CCC1CCCCC1)NC(=O)NCC(C)(O)c1cnn(C)c1. The number of carbonyl (C=O) groups excluding carboxylic acids is 1. The van der Waals surface area contributed by atoms with E-state index >= 15 is 0 Å². The van der Waals surface area contributed by atoms with Crippen molar-refractivity contribution in [2.24, 2.45) is 13.0 Å². The molecule has 3 N–H and O–H groups in total. The third kappa shape index (κ3) is 5.82. The lowest BCUT2D eigenvalue weighted by Crippen LogP contribution is -2.46. The largest absolute Gasteiger partial charge is 0.383 e. The topological polar surface area (TPSA) is 79.2 Å². The van der Waals surface area contributed by atoms with E-state index in [2.05, 4.69) is 15.7 Å².